The highest BCUT2D eigenvalue weighted by molar-refractivity contribution is 5.75. The number of furan rings is 1. The van der Waals surface area contributed by atoms with Crippen LogP contribution in [0.1, 0.15) is 18.5 Å². The van der Waals surface area contributed by atoms with Crippen LogP contribution in [0.5, 0.6) is 0 Å². The first kappa shape index (κ1) is 11.4. The molecule has 90 valence electrons. The molecule has 0 fully saturated rings. The van der Waals surface area contributed by atoms with Crippen molar-refractivity contribution in [1.29, 1.82) is 0 Å². The number of hydrogen-bond acceptors (Lipinski definition) is 3. The maximum Gasteiger partial charge on any atom is 0.240 e. The largest absolute Gasteiger partial charge is 0.467 e. The highest BCUT2D eigenvalue weighted by Crippen LogP contribution is 2.00. The maximum atomic E-state index is 11.7. The van der Waals surface area contributed by atoms with Crippen LogP contribution >= 0.6 is 0 Å². The lowest BCUT2D eigenvalue weighted by Gasteiger charge is -2.06. The molecular formula is C12H15N3O2. The summed E-state index contributed by atoms with van der Waals surface area (Å²) in [6, 6.07) is 3.63. The Morgan fingerprint density at radius 2 is 2.47 bits per heavy atom. The van der Waals surface area contributed by atoms with E-state index in [0.29, 0.717) is 13.1 Å². The summed E-state index contributed by atoms with van der Waals surface area (Å²) in [6.45, 7) is 2.73. The van der Waals surface area contributed by atoms with Crippen LogP contribution in [0.15, 0.2) is 35.2 Å². The van der Waals surface area contributed by atoms with Gasteiger partial charge in [-0.2, -0.15) is 0 Å². The number of aromatic nitrogens is 2. The van der Waals surface area contributed by atoms with Crippen molar-refractivity contribution in [3.8, 4) is 0 Å². The number of nitrogens with zero attached hydrogens (tertiary/aromatic N) is 2. The van der Waals surface area contributed by atoms with Gasteiger partial charge in [-0.3, -0.25) is 4.79 Å². The molecule has 0 aliphatic heterocycles. The Hall–Kier alpha value is -2.04. The van der Waals surface area contributed by atoms with Gasteiger partial charge in [-0.05, 0) is 12.1 Å². The molecule has 1 N–H and O–H groups in total. The molecular weight excluding hydrogens is 218 g/mol. The summed E-state index contributed by atoms with van der Waals surface area (Å²) in [6.07, 6.45) is 5.93. The van der Waals surface area contributed by atoms with Gasteiger partial charge in [0.1, 0.15) is 18.1 Å². The Kier molecular flexibility index (Phi) is 3.59. The van der Waals surface area contributed by atoms with Gasteiger partial charge in [0, 0.05) is 18.8 Å². The second-order valence-corrected chi connectivity index (χ2v) is 3.68. The first-order chi connectivity index (χ1) is 8.29. The molecule has 5 nitrogen and oxygen atoms in total. The standard InChI is InChI=1S/C12H15N3O2/c1-2-11-13-5-6-15(11)9-12(16)14-8-10-4-3-7-17-10/h3-7H,2,8-9H2,1H3,(H,14,16). The fourth-order valence-electron chi connectivity index (χ4n) is 1.61. The second-order valence-electron chi connectivity index (χ2n) is 3.68. The molecule has 0 saturated heterocycles. The van der Waals surface area contributed by atoms with E-state index in [1.807, 2.05) is 23.8 Å². The van der Waals surface area contributed by atoms with Crippen molar-refractivity contribution in [1.82, 2.24) is 14.9 Å². The average molecular weight is 233 g/mol. The molecule has 1 amide bonds. The summed E-state index contributed by atoms with van der Waals surface area (Å²) in [5.74, 6) is 1.62. The molecule has 0 aliphatic rings. The molecule has 0 saturated carbocycles. The van der Waals surface area contributed by atoms with Gasteiger partial charge in [0.2, 0.25) is 5.91 Å². The first-order valence-electron chi connectivity index (χ1n) is 5.58. The van der Waals surface area contributed by atoms with Crippen LogP contribution in [0.25, 0.3) is 0 Å². The van der Waals surface area contributed by atoms with E-state index in [2.05, 4.69) is 10.3 Å². The zero-order chi connectivity index (χ0) is 12.1. The lowest BCUT2D eigenvalue weighted by atomic mass is 10.4. The van der Waals surface area contributed by atoms with E-state index in [0.717, 1.165) is 18.0 Å². The number of rotatable bonds is 5. The van der Waals surface area contributed by atoms with Crippen LogP contribution < -0.4 is 5.32 Å². The van der Waals surface area contributed by atoms with Crippen LogP contribution in [0, 0.1) is 0 Å². The fraction of sp³-hybridized carbons (Fsp3) is 0.333. The van der Waals surface area contributed by atoms with Crippen molar-refractivity contribution < 1.29 is 9.21 Å². The Bertz CT molecular complexity index is 474. The van der Waals surface area contributed by atoms with E-state index in [4.69, 9.17) is 4.42 Å². The summed E-state index contributed by atoms with van der Waals surface area (Å²) in [5, 5.41) is 2.79. The number of carbonyl (C=O) groups is 1. The fourth-order valence-corrected chi connectivity index (χ4v) is 1.61. The van der Waals surface area contributed by atoms with Crippen LogP contribution in [-0.4, -0.2) is 15.5 Å². The number of hydrogen-bond donors (Lipinski definition) is 1. The third kappa shape index (κ3) is 2.96. The lowest BCUT2D eigenvalue weighted by Crippen LogP contribution is -2.27. The summed E-state index contributed by atoms with van der Waals surface area (Å²) in [4.78, 5) is 15.8. The van der Waals surface area contributed by atoms with E-state index in [1.54, 1.807) is 18.5 Å². The predicted octanol–water partition coefficient (Wildman–Crippen LogP) is 1.35. The molecule has 2 aromatic heterocycles. The third-order valence-corrected chi connectivity index (χ3v) is 2.47. The molecule has 0 aliphatic carbocycles. The quantitative estimate of drug-likeness (QED) is 0.848. The highest BCUT2D eigenvalue weighted by Gasteiger charge is 2.06. The number of imidazole rings is 1. The molecule has 0 unspecified atom stereocenters. The van der Waals surface area contributed by atoms with E-state index in [9.17, 15) is 4.79 Å². The zero-order valence-corrected chi connectivity index (χ0v) is 9.72. The Labute approximate surface area is 99.5 Å². The number of aryl methyl sites for hydroxylation is 1. The average Bonchev–Trinajstić information content (AvgIpc) is 2.97. The van der Waals surface area contributed by atoms with Crippen molar-refractivity contribution in [2.45, 2.75) is 26.4 Å². The third-order valence-electron chi connectivity index (χ3n) is 2.47. The molecule has 5 heteroatoms. The van der Waals surface area contributed by atoms with Gasteiger partial charge in [-0.15, -0.1) is 0 Å². The van der Waals surface area contributed by atoms with Crippen LogP contribution in [-0.2, 0) is 24.3 Å². The summed E-state index contributed by atoms with van der Waals surface area (Å²) in [5.41, 5.74) is 0. The number of carbonyl (C=O) groups excluding carboxylic acids is 1. The molecule has 0 radical (unpaired) electrons. The smallest absolute Gasteiger partial charge is 0.240 e. The summed E-state index contributed by atoms with van der Waals surface area (Å²) in [7, 11) is 0. The minimum atomic E-state index is -0.0471. The van der Waals surface area contributed by atoms with E-state index >= 15 is 0 Å². The zero-order valence-electron chi connectivity index (χ0n) is 9.72. The molecule has 0 aromatic carbocycles. The molecule has 0 atom stereocenters. The topological polar surface area (TPSA) is 60.1 Å². The van der Waals surface area contributed by atoms with E-state index in [1.165, 1.54) is 0 Å². The second kappa shape index (κ2) is 5.34. The van der Waals surface area contributed by atoms with Crippen molar-refractivity contribution in [2.75, 3.05) is 0 Å². The van der Waals surface area contributed by atoms with Gasteiger partial charge in [-0.25, -0.2) is 4.98 Å². The SMILES string of the molecule is CCc1nccn1CC(=O)NCc1ccco1. The number of nitrogens with one attached hydrogen (secondary N) is 1. The van der Waals surface area contributed by atoms with Crippen molar-refractivity contribution in [3.05, 3.63) is 42.4 Å². The van der Waals surface area contributed by atoms with Gasteiger partial charge in [0.05, 0.1) is 12.8 Å². The predicted molar refractivity (Wildman–Crippen MR) is 62.2 cm³/mol. The van der Waals surface area contributed by atoms with Gasteiger partial charge in [0.15, 0.2) is 0 Å². The lowest BCUT2D eigenvalue weighted by molar-refractivity contribution is -0.121. The van der Waals surface area contributed by atoms with Gasteiger partial charge < -0.3 is 14.3 Å². The summed E-state index contributed by atoms with van der Waals surface area (Å²) >= 11 is 0. The van der Waals surface area contributed by atoms with Crippen LogP contribution in [0.2, 0.25) is 0 Å². The number of amides is 1. The minimum Gasteiger partial charge on any atom is -0.467 e. The molecule has 17 heavy (non-hydrogen) atoms. The molecule has 2 rings (SSSR count). The Balaban J connectivity index is 1.85. The van der Waals surface area contributed by atoms with Gasteiger partial charge >= 0.3 is 0 Å². The monoisotopic (exact) mass is 233 g/mol. The van der Waals surface area contributed by atoms with Gasteiger partial charge in [0.25, 0.3) is 0 Å². The van der Waals surface area contributed by atoms with Crippen LogP contribution in [0.4, 0.5) is 0 Å². The first-order valence-corrected chi connectivity index (χ1v) is 5.58. The van der Waals surface area contributed by atoms with E-state index in [-0.39, 0.29) is 5.91 Å². The van der Waals surface area contributed by atoms with Crippen molar-refractivity contribution in [2.24, 2.45) is 0 Å². The Morgan fingerprint density at radius 1 is 1.59 bits per heavy atom. The van der Waals surface area contributed by atoms with Gasteiger partial charge in [-0.1, -0.05) is 6.92 Å². The molecule has 0 bridgehead atoms. The van der Waals surface area contributed by atoms with Crippen molar-refractivity contribution >= 4 is 5.91 Å². The normalized spacial score (nSPS) is 10.4. The maximum absolute atomic E-state index is 11.7. The van der Waals surface area contributed by atoms with E-state index < -0.39 is 0 Å². The highest BCUT2D eigenvalue weighted by atomic mass is 16.3. The molecule has 2 aromatic rings. The minimum absolute atomic E-state index is 0.0471. The van der Waals surface area contributed by atoms with Crippen molar-refractivity contribution in [3.63, 3.8) is 0 Å². The molecule has 2 heterocycles. The Morgan fingerprint density at radius 3 is 3.18 bits per heavy atom. The van der Waals surface area contributed by atoms with Crippen LogP contribution in [0.3, 0.4) is 0 Å². The summed E-state index contributed by atoms with van der Waals surface area (Å²) < 4.78 is 6.97. The molecule has 0 spiro atoms.